The Kier molecular flexibility index (Phi) is 6.52. The number of anilines is 2. The summed E-state index contributed by atoms with van der Waals surface area (Å²) in [5.74, 6) is -3.58. The van der Waals surface area contributed by atoms with Crippen molar-refractivity contribution in [1.82, 2.24) is 19.4 Å². The molecule has 3 N–H and O–H groups in total. The van der Waals surface area contributed by atoms with Gasteiger partial charge in [-0.25, -0.2) is 23.7 Å². The molecule has 1 fully saturated rings. The number of piperidine rings is 1. The summed E-state index contributed by atoms with van der Waals surface area (Å²) in [4.78, 5) is 26.1. The fourth-order valence-corrected chi connectivity index (χ4v) is 4.90. The van der Waals surface area contributed by atoms with Crippen LogP contribution < -0.4 is 16.0 Å². The SMILES string of the molecule is Cc1cc([C@@H](C)Nc2ccc(Cl)nc2C(N)=O)c2nc(N3CCC(F)(F)CC3)n3cc(C(F)(F)F)nc3c2c1. The lowest BCUT2D eigenvalue weighted by molar-refractivity contribution is -0.140. The van der Waals surface area contributed by atoms with Gasteiger partial charge in [0, 0.05) is 43.1 Å². The van der Waals surface area contributed by atoms with Gasteiger partial charge in [0.25, 0.3) is 11.8 Å². The molecule has 0 radical (unpaired) electrons. The lowest BCUT2D eigenvalue weighted by Crippen LogP contribution is -2.40. The largest absolute Gasteiger partial charge is 0.434 e. The van der Waals surface area contributed by atoms with E-state index in [2.05, 4.69) is 15.3 Å². The van der Waals surface area contributed by atoms with Crippen molar-refractivity contribution < 1.29 is 26.7 Å². The third-order valence-corrected chi connectivity index (χ3v) is 6.87. The number of alkyl halides is 5. The normalized spacial score (nSPS) is 16.6. The summed E-state index contributed by atoms with van der Waals surface area (Å²) in [5, 5.41) is 3.58. The molecule has 0 bridgehead atoms. The maximum absolute atomic E-state index is 13.9. The van der Waals surface area contributed by atoms with Crippen molar-refractivity contribution in [1.29, 1.82) is 0 Å². The van der Waals surface area contributed by atoms with Gasteiger partial charge in [-0.3, -0.25) is 9.20 Å². The summed E-state index contributed by atoms with van der Waals surface area (Å²) >= 11 is 5.91. The van der Waals surface area contributed by atoms with E-state index in [9.17, 15) is 26.7 Å². The highest BCUT2D eigenvalue weighted by atomic mass is 35.5. The van der Waals surface area contributed by atoms with Crippen LogP contribution in [0.5, 0.6) is 0 Å². The molecule has 4 heterocycles. The molecule has 0 saturated carbocycles. The Labute approximate surface area is 224 Å². The monoisotopic (exact) mass is 567 g/mol. The minimum Gasteiger partial charge on any atom is -0.377 e. The number of amides is 1. The van der Waals surface area contributed by atoms with Crippen molar-refractivity contribution in [2.45, 2.75) is 44.8 Å². The maximum atomic E-state index is 13.9. The minimum absolute atomic E-state index is 0.00259. The van der Waals surface area contributed by atoms with Gasteiger partial charge in [-0.15, -0.1) is 0 Å². The molecule has 0 unspecified atom stereocenters. The number of nitrogens with one attached hydrogen (secondary N) is 1. The molecule has 1 aromatic carbocycles. The Hall–Kier alpha value is -3.74. The lowest BCUT2D eigenvalue weighted by Gasteiger charge is -2.33. The summed E-state index contributed by atoms with van der Waals surface area (Å²) in [5.41, 5.74) is 6.20. The van der Waals surface area contributed by atoms with E-state index in [1.807, 2.05) is 0 Å². The summed E-state index contributed by atoms with van der Waals surface area (Å²) in [6.07, 6.45) is -4.79. The number of nitrogens with zero attached hydrogens (tertiary/aromatic N) is 5. The van der Waals surface area contributed by atoms with E-state index in [-0.39, 0.29) is 35.5 Å². The van der Waals surface area contributed by atoms with Crippen molar-refractivity contribution >= 4 is 45.7 Å². The first kappa shape index (κ1) is 26.9. The Balaban J connectivity index is 1.69. The van der Waals surface area contributed by atoms with Crippen LogP contribution in [0.3, 0.4) is 0 Å². The zero-order valence-corrected chi connectivity index (χ0v) is 21.5. The van der Waals surface area contributed by atoms with Gasteiger partial charge < -0.3 is 16.0 Å². The topological polar surface area (TPSA) is 101 Å². The van der Waals surface area contributed by atoms with Crippen molar-refractivity contribution in [2.24, 2.45) is 5.73 Å². The van der Waals surface area contributed by atoms with E-state index in [0.717, 1.165) is 11.8 Å². The molecule has 0 spiro atoms. The van der Waals surface area contributed by atoms with Crippen molar-refractivity contribution in [2.75, 3.05) is 23.3 Å². The number of aromatic nitrogens is 4. The Morgan fingerprint density at radius 1 is 1.15 bits per heavy atom. The van der Waals surface area contributed by atoms with E-state index in [4.69, 9.17) is 22.3 Å². The predicted molar refractivity (Wildman–Crippen MR) is 136 cm³/mol. The second-order valence-corrected chi connectivity index (χ2v) is 9.97. The second kappa shape index (κ2) is 9.47. The van der Waals surface area contributed by atoms with Crippen LogP contribution in [-0.4, -0.2) is 44.3 Å². The predicted octanol–water partition coefficient (Wildman–Crippen LogP) is 5.77. The minimum atomic E-state index is -4.72. The summed E-state index contributed by atoms with van der Waals surface area (Å²) in [6, 6.07) is 5.96. The molecule has 39 heavy (non-hydrogen) atoms. The molecule has 0 aliphatic carbocycles. The highest BCUT2D eigenvalue weighted by Crippen LogP contribution is 2.37. The first-order valence-electron chi connectivity index (χ1n) is 12.0. The molecule has 14 heteroatoms. The summed E-state index contributed by atoms with van der Waals surface area (Å²) in [7, 11) is 0. The lowest BCUT2D eigenvalue weighted by atomic mass is 10.0. The molecule has 8 nitrogen and oxygen atoms in total. The number of hydrogen-bond donors (Lipinski definition) is 2. The molecule has 5 rings (SSSR count). The number of hydrogen-bond acceptors (Lipinski definition) is 6. The van der Waals surface area contributed by atoms with Gasteiger partial charge in [0.1, 0.15) is 10.8 Å². The quantitative estimate of drug-likeness (QED) is 0.235. The first-order valence-corrected chi connectivity index (χ1v) is 12.4. The number of fused-ring (bicyclic) bond motifs is 3. The van der Waals surface area contributed by atoms with Crippen LogP contribution >= 0.6 is 11.6 Å². The van der Waals surface area contributed by atoms with Gasteiger partial charge in [-0.2, -0.15) is 13.2 Å². The van der Waals surface area contributed by atoms with Crippen LogP contribution in [0, 0.1) is 6.92 Å². The van der Waals surface area contributed by atoms with Gasteiger partial charge in [0.2, 0.25) is 5.95 Å². The number of primary amides is 1. The molecular weight excluding hydrogens is 545 g/mol. The highest BCUT2D eigenvalue weighted by molar-refractivity contribution is 6.29. The van der Waals surface area contributed by atoms with Crippen LogP contribution in [0.2, 0.25) is 5.15 Å². The number of pyridine rings is 1. The van der Waals surface area contributed by atoms with Gasteiger partial charge in [0.15, 0.2) is 11.4 Å². The van der Waals surface area contributed by atoms with Crippen molar-refractivity contribution in [3.05, 3.63) is 58.1 Å². The second-order valence-electron chi connectivity index (χ2n) is 9.58. The van der Waals surface area contributed by atoms with Crippen molar-refractivity contribution in [3.63, 3.8) is 0 Å². The maximum Gasteiger partial charge on any atom is 0.434 e. The number of imidazole rings is 1. The van der Waals surface area contributed by atoms with E-state index in [0.29, 0.717) is 22.2 Å². The summed E-state index contributed by atoms with van der Waals surface area (Å²) in [6.45, 7) is 3.37. The average molecular weight is 568 g/mol. The van der Waals surface area contributed by atoms with Crippen LogP contribution in [0.1, 0.15) is 53.1 Å². The zero-order chi connectivity index (χ0) is 28.3. The Bertz CT molecular complexity index is 1590. The molecule has 1 aliphatic rings. The third-order valence-electron chi connectivity index (χ3n) is 6.66. The number of rotatable bonds is 5. The Morgan fingerprint density at radius 3 is 2.49 bits per heavy atom. The number of halogens is 6. The van der Waals surface area contributed by atoms with Crippen molar-refractivity contribution in [3.8, 4) is 0 Å². The van der Waals surface area contributed by atoms with Crippen LogP contribution in [0.25, 0.3) is 16.6 Å². The molecule has 4 aromatic rings. The fraction of sp³-hybridized carbons (Fsp3) is 0.360. The standard InChI is InChI=1S/C25H23ClF5N7O/c1-12-9-14(13(2)33-16-3-4-18(26)35-20(16)21(32)39)19-15(10-12)22-34-17(25(29,30)31)11-38(22)23(36-19)37-7-5-24(27,28)6-8-37/h3-4,9-11,13,33H,5-8H2,1-2H3,(H2,32,39)/t13-/m1/s1. The molecular formula is C25H23ClF5N7O. The van der Waals surface area contributed by atoms with E-state index >= 15 is 0 Å². The van der Waals surface area contributed by atoms with Gasteiger partial charge in [-0.1, -0.05) is 17.7 Å². The number of nitrogens with two attached hydrogens (primary N) is 1. The number of aryl methyl sites for hydroxylation is 1. The van der Waals surface area contributed by atoms with Gasteiger partial charge in [0.05, 0.1) is 17.2 Å². The molecule has 206 valence electrons. The molecule has 1 saturated heterocycles. The fourth-order valence-electron chi connectivity index (χ4n) is 4.75. The van der Waals surface area contributed by atoms with Crippen LogP contribution in [0.4, 0.5) is 33.6 Å². The van der Waals surface area contributed by atoms with Crippen LogP contribution in [0.15, 0.2) is 30.5 Å². The Morgan fingerprint density at radius 2 is 1.85 bits per heavy atom. The third kappa shape index (κ3) is 5.14. The van der Waals surface area contributed by atoms with Crippen LogP contribution in [-0.2, 0) is 6.18 Å². The molecule has 1 amide bonds. The van der Waals surface area contributed by atoms with E-state index in [1.165, 1.54) is 10.5 Å². The average Bonchev–Trinajstić information content (AvgIpc) is 3.31. The molecule has 1 aliphatic heterocycles. The van der Waals surface area contributed by atoms with Gasteiger partial charge >= 0.3 is 6.18 Å². The molecule has 3 aromatic heterocycles. The zero-order valence-electron chi connectivity index (χ0n) is 20.8. The van der Waals surface area contributed by atoms with E-state index < -0.39 is 42.6 Å². The highest BCUT2D eigenvalue weighted by Gasteiger charge is 2.37. The first-order chi connectivity index (χ1) is 18.2. The number of carbonyl (C=O) groups is 1. The van der Waals surface area contributed by atoms with E-state index in [1.54, 1.807) is 36.9 Å². The number of benzene rings is 1. The number of carbonyl (C=O) groups excluding carboxylic acids is 1. The van der Waals surface area contributed by atoms with Gasteiger partial charge in [-0.05, 0) is 37.6 Å². The molecule has 1 atom stereocenters. The summed E-state index contributed by atoms with van der Waals surface area (Å²) < 4.78 is 70.1. The smallest absolute Gasteiger partial charge is 0.377 e.